The predicted molar refractivity (Wildman–Crippen MR) is 101 cm³/mol. The zero-order chi connectivity index (χ0) is 19.9. The summed E-state index contributed by atoms with van der Waals surface area (Å²) in [6, 6.07) is 15.4. The summed E-state index contributed by atoms with van der Waals surface area (Å²) in [7, 11) is 0. The lowest BCUT2D eigenvalue weighted by Gasteiger charge is -2.07. The highest BCUT2D eigenvalue weighted by Crippen LogP contribution is 2.24. The highest BCUT2D eigenvalue weighted by Gasteiger charge is 2.14. The molecule has 0 radical (unpaired) electrons. The number of ether oxygens (including phenoxy) is 1. The molecule has 0 bridgehead atoms. The normalized spacial score (nSPS) is 10.8. The third-order valence-corrected chi connectivity index (χ3v) is 4.61. The molecule has 2 aromatic carbocycles. The third-order valence-electron chi connectivity index (χ3n) is 3.67. The lowest BCUT2D eigenvalue weighted by atomic mass is 10.2. The molecule has 0 spiro atoms. The van der Waals surface area contributed by atoms with Gasteiger partial charge in [0.1, 0.15) is 5.75 Å². The minimum atomic E-state index is -2.89. The minimum absolute atomic E-state index is 0.0338. The molecule has 0 unspecified atom stereocenters. The minimum Gasteiger partial charge on any atom is -0.435 e. The van der Waals surface area contributed by atoms with Crippen LogP contribution < -0.4 is 15.9 Å². The molecule has 0 fully saturated rings. The summed E-state index contributed by atoms with van der Waals surface area (Å²) >= 11 is 1.15. The van der Waals surface area contributed by atoms with Gasteiger partial charge in [-0.15, -0.1) is 10.2 Å². The molecule has 1 amide bonds. The van der Waals surface area contributed by atoms with Crippen LogP contribution in [0.2, 0.25) is 0 Å². The van der Waals surface area contributed by atoms with Crippen molar-refractivity contribution in [3.8, 4) is 17.1 Å². The van der Waals surface area contributed by atoms with Crippen LogP contribution in [0.4, 0.5) is 8.78 Å². The van der Waals surface area contributed by atoms with Crippen molar-refractivity contribution in [1.29, 1.82) is 0 Å². The van der Waals surface area contributed by atoms with Crippen molar-refractivity contribution in [2.45, 2.75) is 18.3 Å². The lowest BCUT2D eigenvalue weighted by molar-refractivity contribution is -0.118. The first-order valence-electron chi connectivity index (χ1n) is 8.22. The van der Waals surface area contributed by atoms with E-state index in [4.69, 9.17) is 5.84 Å². The Kier molecular flexibility index (Phi) is 6.43. The predicted octanol–water partition coefficient (Wildman–Crippen LogP) is 2.67. The van der Waals surface area contributed by atoms with E-state index in [1.54, 1.807) is 12.1 Å². The number of halogens is 2. The molecule has 1 heterocycles. The number of carbonyl (C=O) groups excluding carboxylic acids is 1. The first-order valence-corrected chi connectivity index (χ1v) is 9.20. The van der Waals surface area contributed by atoms with Crippen LogP contribution in [0, 0.1) is 0 Å². The molecule has 10 heteroatoms. The van der Waals surface area contributed by atoms with Gasteiger partial charge in [-0.1, -0.05) is 42.1 Å². The second-order valence-electron chi connectivity index (χ2n) is 5.63. The molecule has 7 nitrogen and oxygen atoms in total. The van der Waals surface area contributed by atoms with Gasteiger partial charge in [0.25, 0.3) is 0 Å². The number of thioether (sulfide) groups is 1. The van der Waals surface area contributed by atoms with Gasteiger partial charge in [-0.2, -0.15) is 8.78 Å². The summed E-state index contributed by atoms with van der Waals surface area (Å²) in [5.74, 6) is 6.34. The summed E-state index contributed by atoms with van der Waals surface area (Å²) in [6.07, 6.45) is 0. The fraction of sp³-hybridized carbons (Fsp3) is 0.167. The molecule has 3 N–H and O–H groups in total. The number of hydrogen-bond donors (Lipinski definition) is 2. The van der Waals surface area contributed by atoms with Gasteiger partial charge >= 0.3 is 6.61 Å². The van der Waals surface area contributed by atoms with E-state index in [9.17, 15) is 13.6 Å². The van der Waals surface area contributed by atoms with Gasteiger partial charge in [0.15, 0.2) is 5.82 Å². The van der Waals surface area contributed by atoms with E-state index < -0.39 is 6.61 Å². The number of aromatic nitrogens is 3. The lowest BCUT2D eigenvalue weighted by Crippen LogP contribution is -2.25. The topological polar surface area (TPSA) is 95.1 Å². The molecule has 3 aromatic rings. The quantitative estimate of drug-likeness (QED) is 0.442. The SMILES string of the molecule is Nn1c(SCC(=O)NCc2ccccc2)nnc1-c1ccc(OC(F)F)cc1. The van der Waals surface area contributed by atoms with Gasteiger partial charge in [0, 0.05) is 12.1 Å². The molecule has 0 atom stereocenters. The first-order chi connectivity index (χ1) is 13.5. The van der Waals surface area contributed by atoms with Crippen LogP contribution in [0.1, 0.15) is 5.56 Å². The van der Waals surface area contributed by atoms with Crippen LogP contribution >= 0.6 is 11.8 Å². The van der Waals surface area contributed by atoms with Crippen LogP contribution in [0.25, 0.3) is 11.4 Å². The maximum atomic E-state index is 12.2. The van der Waals surface area contributed by atoms with E-state index in [1.807, 2.05) is 30.3 Å². The van der Waals surface area contributed by atoms with Gasteiger partial charge in [0.2, 0.25) is 11.1 Å². The maximum Gasteiger partial charge on any atom is 0.387 e. The van der Waals surface area contributed by atoms with E-state index >= 15 is 0 Å². The second kappa shape index (κ2) is 9.18. The average Bonchev–Trinajstić information content (AvgIpc) is 3.06. The zero-order valence-corrected chi connectivity index (χ0v) is 15.4. The maximum absolute atomic E-state index is 12.2. The Morgan fingerprint density at radius 1 is 1.14 bits per heavy atom. The van der Waals surface area contributed by atoms with Crippen LogP contribution in [-0.2, 0) is 11.3 Å². The Labute approximate surface area is 163 Å². The van der Waals surface area contributed by atoms with Crippen molar-refractivity contribution in [3.05, 3.63) is 60.2 Å². The summed E-state index contributed by atoms with van der Waals surface area (Å²) in [6.45, 7) is -2.45. The van der Waals surface area contributed by atoms with Crippen LogP contribution in [0.5, 0.6) is 5.75 Å². The number of nitrogen functional groups attached to an aromatic ring is 1. The van der Waals surface area contributed by atoms with Crippen molar-refractivity contribution in [1.82, 2.24) is 20.2 Å². The Morgan fingerprint density at radius 2 is 1.86 bits per heavy atom. The number of hydrogen-bond acceptors (Lipinski definition) is 6. The molecule has 0 aliphatic carbocycles. The number of carbonyl (C=O) groups is 1. The number of amides is 1. The van der Waals surface area contributed by atoms with E-state index in [2.05, 4.69) is 20.3 Å². The number of nitrogens with two attached hydrogens (primary N) is 1. The van der Waals surface area contributed by atoms with Crippen molar-refractivity contribution in [3.63, 3.8) is 0 Å². The van der Waals surface area contributed by atoms with Crippen molar-refractivity contribution in [2.24, 2.45) is 0 Å². The smallest absolute Gasteiger partial charge is 0.387 e. The second-order valence-corrected chi connectivity index (χ2v) is 6.57. The monoisotopic (exact) mass is 405 g/mol. The van der Waals surface area contributed by atoms with Gasteiger partial charge in [0.05, 0.1) is 5.75 Å². The molecule has 0 saturated heterocycles. The summed E-state index contributed by atoms with van der Waals surface area (Å²) in [4.78, 5) is 12.0. The number of nitrogens with one attached hydrogen (secondary N) is 1. The summed E-state index contributed by atoms with van der Waals surface area (Å²) in [5.41, 5.74) is 1.58. The van der Waals surface area contributed by atoms with Gasteiger partial charge in [-0.3, -0.25) is 4.79 Å². The van der Waals surface area contributed by atoms with E-state index in [-0.39, 0.29) is 17.4 Å². The highest BCUT2D eigenvalue weighted by molar-refractivity contribution is 7.99. The standard InChI is InChI=1S/C18H17F2N5O2S/c19-17(20)27-14-8-6-13(7-9-14)16-23-24-18(25(16)21)28-11-15(26)22-10-12-4-2-1-3-5-12/h1-9,17H,10-11,21H2,(H,22,26). The van der Waals surface area contributed by atoms with Crippen molar-refractivity contribution < 1.29 is 18.3 Å². The Morgan fingerprint density at radius 3 is 2.54 bits per heavy atom. The molecule has 0 aliphatic heterocycles. The van der Waals surface area contributed by atoms with Crippen LogP contribution in [-0.4, -0.2) is 33.1 Å². The number of rotatable bonds is 8. The van der Waals surface area contributed by atoms with Gasteiger partial charge in [-0.05, 0) is 29.8 Å². The number of nitrogens with zero attached hydrogens (tertiary/aromatic N) is 3. The molecule has 28 heavy (non-hydrogen) atoms. The summed E-state index contributed by atoms with van der Waals surface area (Å²) < 4.78 is 30.0. The number of benzene rings is 2. The van der Waals surface area contributed by atoms with E-state index in [1.165, 1.54) is 16.8 Å². The van der Waals surface area contributed by atoms with Gasteiger partial charge < -0.3 is 15.9 Å². The zero-order valence-electron chi connectivity index (χ0n) is 14.6. The Hall–Kier alpha value is -3.14. The molecule has 1 aromatic heterocycles. The molecule has 0 saturated carbocycles. The highest BCUT2D eigenvalue weighted by atomic mass is 32.2. The average molecular weight is 405 g/mol. The largest absolute Gasteiger partial charge is 0.435 e. The van der Waals surface area contributed by atoms with Crippen LogP contribution in [0.15, 0.2) is 59.8 Å². The molecular weight excluding hydrogens is 388 g/mol. The summed E-state index contributed by atoms with van der Waals surface area (Å²) in [5, 5.41) is 11.1. The number of alkyl halides is 2. The first kappa shape index (κ1) is 19.6. The Bertz CT molecular complexity index is 919. The fourth-order valence-corrected chi connectivity index (χ4v) is 3.02. The van der Waals surface area contributed by atoms with Gasteiger partial charge in [-0.25, -0.2) is 4.68 Å². The van der Waals surface area contributed by atoms with Crippen LogP contribution in [0.3, 0.4) is 0 Å². The van der Waals surface area contributed by atoms with E-state index in [0.29, 0.717) is 23.1 Å². The van der Waals surface area contributed by atoms with E-state index in [0.717, 1.165) is 17.3 Å². The molecule has 146 valence electrons. The van der Waals surface area contributed by atoms with Crippen molar-refractivity contribution >= 4 is 17.7 Å². The Balaban J connectivity index is 1.56. The molecular formula is C18H17F2N5O2S. The van der Waals surface area contributed by atoms with Crippen molar-refractivity contribution in [2.75, 3.05) is 11.6 Å². The third kappa shape index (κ3) is 5.19. The fourth-order valence-electron chi connectivity index (χ4n) is 2.34. The molecule has 3 rings (SSSR count). The molecule has 0 aliphatic rings.